The van der Waals surface area contributed by atoms with Crippen LogP contribution < -0.4 is 10.6 Å². The zero-order valence-corrected chi connectivity index (χ0v) is 12.1. The fourth-order valence-electron chi connectivity index (χ4n) is 2.89. The molecule has 2 rings (SSSR count). The summed E-state index contributed by atoms with van der Waals surface area (Å²) >= 11 is 0. The van der Waals surface area contributed by atoms with Gasteiger partial charge >= 0.3 is 0 Å². The Balaban J connectivity index is 2.14. The summed E-state index contributed by atoms with van der Waals surface area (Å²) in [5.41, 5.74) is 6.93. The molecule has 1 aromatic rings. The largest absolute Gasteiger partial charge is 0.356 e. The maximum atomic E-state index is 13.2. The van der Waals surface area contributed by atoms with Gasteiger partial charge in [-0.3, -0.25) is 0 Å². The van der Waals surface area contributed by atoms with Crippen molar-refractivity contribution in [2.75, 3.05) is 11.9 Å². The average molecular weight is 265 g/mol. The minimum atomic E-state index is -0.317. The van der Waals surface area contributed by atoms with Crippen LogP contribution in [-0.2, 0) is 6.54 Å². The van der Waals surface area contributed by atoms with Crippen molar-refractivity contribution in [3.05, 3.63) is 23.6 Å². The fourth-order valence-corrected chi connectivity index (χ4v) is 2.89. The zero-order chi connectivity index (χ0) is 14.0. The molecule has 0 spiro atoms. The maximum Gasteiger partial charge on any atom is 0.141 e. The Morgan fingerprint density at radius 1 is 1.42 bits per heavy atom. The molecular weight excluding hydrogens is 241 g/mol. The summed E-state index contributed by atoms with van der Waals surface area (Å²) in [7, 11) is 2.04. The standard InChI is InChI=1S/C15H24FN3/c1-15(2)6-4-13(5-7-15)19(3)14-11(9-17)8-12(16)10-18-14/h8,10,13H,4-7,9,17H2,1-3H3. The Morgan fingerprint density at radius 2 is 2.05 bits per heavy atom. The molecule has 1 aliphatic rings. The van der Waals surface area contributed by atoms with Gasteiger partial charge in [-0.2, -0.15) is 0 Å². The van der Waals surface area contributed by atoms with Gasteiger partial charge in [-0.25, -0.2) is 9.37 Å². The van der Waals surface area contributed by atoms with Crippen molar-refractivity contribution >= 4 is 5.82 Å². The molecule has 0 unspecified atom stereocenters. The fraction of sp³-hybridized carbons (Fsp3) is 0.667. The summed E-state index contributed by atoms with van der Waals surface area (Å²) in [6.45, 7) is 4.97. The van der Waals surface area contributed by atoms with Gasteiger partial charge in [-0.15, -0.1) is 0 Å². The third kappa shape index (κ3) is 3.24. The molecule has 0 aromatic carbocycles. The molecule has 19 heavy (non-hydrogen) atoms. The van der Waals surface area contributed by atoms with Crippen LogP contribution in [0.15, 0.2) is 12.3 Å². The van der Waals surface area contributed by atoms with Gasteiger partial charge in [0.05, 0.1) is 6.20 Å². The van der Waals surface area contributed by atoms with Gasteiger partial charge in [-0.1, -0.05) is 13.8 Å². The van der Waals surface area contributed by atoms with Crippen LogP contribution in [0.3, 0.4) is 0 Å². The summed E-state index contributed by atoms with van der Waals surface area (Å²) < 4.78 is 13.2. The van der Waals surface area contributed by atoms with E-state index in [-0.39, 0.29) is 5.82 Å². The molecule has 106 valence electrons. The first-order valence-corrected chi connectivity index (χ1v) is 7.00. The summed E-state index contributed by atoms with van der Waals surface area (Å²) in [5.74, 6) is 0.510. The highest BCUT2D eigenvalue weighted by atomic mass is 19.1. The zero-order valence-electron chi connectivity index (χ0n) is 12.1. The van der Waals surface area contributed by atoms with Crippen LogP contribution in [0.25, 0.3) is 0 Å². The van der Waals surface area contributed by atoms with Crippen LogP contribution in [0.4, 0.5) is 10.2 Å². The van der Waals surface area contributed by atoms with E-state index in [1.807, 2.05) is 7.05 Å². The van der Waals surface area contributed by atoms with Crippen LogP contribution in [0, 0.1) is 11.2 Å². The summed E-state index contributed by atoms with van der Waals surface area (Å²) in [4.78, 5) is 6.41. The summed E-state index contributed by atoms with van der Waals surface area (Å²) in [6, 6.07) is 1.97. The molecule has 0 atom stereocenters. The monoisotopic (exact) mass is 265 g/mol. The van der Waals surface area contributed by atoms with Gasteiger partial charge in [0, 0.05) is 25.2 Å². The number of nitrogens with zero attached hydrogens (tertiary/aromatic N) is 2. The number of pyridine rings is 1. The third-order valence-electron chi connectivity index (χ3n) is 4.32. The molecule has 1 heterocycles. The minimum absolute atomic E-state index is 0.317. The van der Waals surface area contributed by atoms with Crippen molar-refractivity contribution in [1.29, 1.82) is 0 Å². The third-order valence-corrected chi connectivity index (χ3v) is 4.32. The second-order valence-electron chi connectivity index (χ2n) is 6.35. The lowest BCUT2D eigenvalue weighted by Gasteiger charge is -2.39. The normalized spacial score (nSPS) is 19.4. The predicted octanol–water partition coefficient (Wildman–Crippen LogP) is 3.08. The van der Waals surface area contributed by atoms with Gasteiger partial charge < -0.3 is 10.6 Å². The highest BCUT2D eigenvalue weighted by molar-refractivity contribution is 5.47. The molecule has 2 N–H and O–H groups in total. The number of rotatable bonds is 3. The molecule has 1 aliphatic carbocycles. The summed E-state index contributed by atoms with van der Waals surface area (Å²) in [6.07, 6.45) is 6.04. The molecule has 1 saturated carbocycles. The van der Waals surface area contributed by atoms with E-state index in [2.05, 4.69) is 23.7 Å². The second kappa shape index (κ2) is 5.45. The molecule has 1 aromatic heterocycles. The molecule has 0 radical (unpaired) electrons. The van der Waals surface area contributed by atoms with Gasteiger partial charge in [-0.05, 0) is 37.2 Å². The molecule has 0 aliphatic heterocycles. The Kier molecular flexibility index (Phi) is 4.09. The first-order valence-electron chi connectivity index (χ1n) is 7.00. The first kappa shape index (κ1) is 14.3. The van der Waals surface area contributed by atoms with E-state index >= 15 is 0 Å². The van der Waals surface area contributed by atoms with Gasteiger partial charge in [0.1, 0.15) is 11.6 Å². The lowest BCUT2D eigenvalue weighted by atomic mass is 9.75. The van der Waals surface area contributed by atoms with Crippen LogP contribution >= 0.6 is 0 Å². The van der Waals surface area contributed by atoms with Crippen molar-refractivity contribution in [2.45, 2.75) is 52.1 Å². The molecule has 1 fully saturated rings. The minimum Gasteiger partial charge on any atom is -0.356 e. The van der Waals surface area contributed by atoms with Crippen molar-refractivity contribution < 1.29 is 4.39 Å². The second-order valence-corrected chi connectivity index (χ2v) is 6.35. The van der Waals surface area contributed by atoms with E-state index < -0.39 is 0 Å². The van der Waals surface area contributed by atoms with E-state index in [0.29, 0.717) is 18.0 Å². The Bertz CT molecular complexity index is 435. The lowest BCUT2D eigenvalue weighted by Crippen LogP contribution is -2.38. The Labute approximate surface area is 115 Å². The van der Waals surface area contributed by atoms with E-state index in [4.69, 9.17) is 5.73 Å². The number of nitrogens with two attached hydrogens (primary N) is 1. The van der Waals surface area contributed by atoms with Crippen molar-refractivity contribution in [2.24, 2.45) is 11.1 Å². The molecule has 0 saturated heterocycles. The highest BCUT2D eigenvalue weighted by Crippen LogP contribution is 2.37. The Hall–Kier alpha value is -1.16. The quantitative estimate of drug-likeness (QED) is 0.913. The van der Waals surface area contributed by atoms with Gasteiger partial charge in [0.15, 0.2) is 0 Å². The van der Waals surface area contributed by atoms with Crippen LogP contribution in [0.1, 0.15) is 45.1 Å². The number of halogens is 1. The number of hydrogen-bond acceptors (Lipinski definition) is 3. The van der Waals surface area contributed by atoms with Crippen molar-refractivity contribution in [1.82, 2.24) is 4.98 Å². The number of hydrogen-bond donors (Lipinski definition) is 1. The topological polar surface area (TPSA) is 42.2 Å². The molecule has 0 bridgehead atoms. The lowest BCUT2D eigenvalue weighted by molar-refractivity contribution is 0.222. The van der Waals surface area contributed by atoms with Gasteiger partial charge in [0.25, 0.3) is 0 Å². The van der Waals surface area contributed by atoms with E-state index in [0.717, 1.165) is 24.2 Å². The number of anilines is 1. The molecule has 3 nitrogen and oxygen atoms in total. The Morgan fingerprint density at radius 3 is 2.63 bits per heavy atom. The van der Waals surface area contributed by atoms with Gasteiger partial charge in [0.2, 0.25) is 0 Å². The average Bonchev–Trinajstić information content (AvgIpc) is 2.37. The molecule has 0 amide bonds. The summed E-state index contributed by atoms with van der Waals surface area (Å²) in [5, 5.41) is 0. The van der Waals surface area contributed by atoms with Crippen molar-refractivity contribution in [3.63, 3.8) is 0 Å². The van der Waals surface area contributed by atoms with Crippen LogP contribution in [-0.4, -0.2) is 18.1 Å². The SMILES string of the molecule is CN(c1ncc(F)cc1CN)C1CCC(C)(C)CC1. The predicted molar refractivity (Wildman–Crippen MR) is 76.5 cm³/mol. The number of aromatic nitrogens is 1. The molecule has 4 heteroatoms. The van der Waals surface area contributed by atoms with E-state index in [1.165, 1.54) is 25.1 Å². The highest BCUT2D eigenvalue weighted by Gasteiger charge is 2.29. The molecular formula is C15H24FN3. The van der Waals surface area contributed by atoms with Crippen LogP contribution in [0.2, 0.25) is 0 Å². The smallest absolute Gasteiger partial charge is 0.141 e. The first-order chi connectivity index (χ1) is 8.93. The maximum absolute atomic E-state index is 13.2. The van der Waals surface area contributed by atoms with E-state index in [9.17, 15) is 4.39 Å². The van der Waals surface area contributed by atoms with Crippen LogP contribution in [0.5, 0.6) is 0 Å². The van der Waals surface area contributed by atoms with Crippen molar-refractivity contribution in [3.8, 4) is 0 Å². The van der Waals surface area contributed by atoms with E-state index in [1.54, 1.807) is 0 Å².